The highest BCUT2D eigenvalue weighted by molar-refractivity contribution is 5.96. The van der Waals surface area contributed by atoms with Crippen LogP contribution in [0.25, 0.3) is 11.0 Å². The zero-order chi connectivity index (χ0) is 15.3. The molecule has 22 heavy (non-hydrogen) atoms. The third kappa shape index (κ3) is 2.31. The third-order valence-corrected chi connectivity index (χ3v) is 5.15. The molecule has 1 aromatic carbocycles. The first-order valence-electron chi connectivity index (χ1n) is 8.16. The van der Waals surface area contributed by atoms with Crippen molar-refractivity contribution in [3.8, 4) is 0 Å². The average Bonchev–Trinajstić information content (AvgIpc) is 3.02. The van der Waals surface area contributed by atoms with E-state index in [2.05, 4.69) is 25.2 Å². The highest BCUT2D eigenvalue weighted by Gasteiger charge is 2.32. The van der Waals surface area contributed by atoms with Gasteiger partial charge in [0.2, 0.25) is 0 Å². The van der Waals surface area contributed by atoms with Gasteiger partial charge in [-0.2, -0.15) is 0 Å². The minimum atomic E-state index is 0.0286. The van der Waals surface area contributed by atoms with Crippen LogP contribution in [0.3, 0.4) is 0 Å². The van der Waals surface area contributed by atoms with Gasteiger partial charge in [0.1, 0.15) is 5.58 Å². The first-order valence-corrected chi connectivity index (χ1v) is 8.16. The zero-order valence-electron chi connectivity index (χ0n) is 13.2. The number of fused-ring (bicyclic) bond motifs is 3. The summed E-state index contributed by atoms with van der Waals surface area (Å²) in [5.41, 5.74) is 3.22. The molecule has 2 atom stereocenters. The number of hydrogen-bond donors (Lipinski definition) is 1. The van der Waals surface area contributed by atoms with Crippen LogP contribution >= 0.6 is 0 Å². The molecule has 2 fully saturated rings. The Kier molecular flexibility index (Phi) is 3.22. The summed E-state index contributed by atoms with van der Waals surface area (Å²) in [5, 5.41) is 4.62. The lowest BCUT2D eigenvalue weighted by atomic mass is 10.1. The van der Waals surface area contributed by atoms with Crippen LogP contribution in [-0.2, 0) is 0 Å². The topological polar surface area (TPSA) is 45.5 Å². The van der Waals surface area contributed by atoms with Gasteiger partial charge in [0.15, 0.2) is 5.76 Å². The predicted octanol–water partition coefficient (Wildman–Crippen LogP) is 3.02. The summed E-state index contributed by atoms with van der Waals surface area (Å²) in [4.78, 5) is 14.7. The molecule has 3 heterocycles. The molecule has 2 aliphatic heterocycles. The molecule has 2 aliphatic rings. The lowest BCUT2D eigenvalue weighted by molar-refractivity contribution is 0.0718. The standard InChI is InChI=1S/C18H22N2O2/c1-11-7-13-9-17(22-16(13)8-12(11)2)18(21)20-6-5-14-3-4-15(10-20)19-14/h7-9,14-15,19H,3-6,10H2,1-2H3/t14-,15+/m1/s1. The monoisotopic (exact) mass is 298 g/mol. The number of nitrogens with zero attached hydrogens (tertiary/aromatic N) is 1. The lowest BCUT2D eigenvalue weighted by Crippen LogP contribution is -2.38. The van der Waals surface area contributed by atoms with Gasteiger partial charge in [0.25, 0.3) is 5.91 Å². The van der Waals surface area contributed by atoms with Gasteiger partial charge in [-0.15, -0.1) is 0 Å². The van der Waals surface area contributed by atoms with E-state index in [-0.39, 0.29) is 5.91 Å². The molecule has 4 rings (SSSR count). The van der Waals surface area contributed by atoms with Crippen LogP contribution in [0.5, 0.6) is 0 Å². The summed E-state index contributed by atoms with van der Waals surface area (Å²) in [5.74, 6) is 0.499. The number of nitrogens with one attached hydrogen (secondary N) is 1. The molecule has 1 aromatic heterocycles. The predicted molar refractivity (Wildman–Crippen MR) is 86.2 cm³/mol. The number of carbonyl (C=O) groups excluding carboxylic acids is 1. The number of carbonyl (C=O) groups is 1. The van der Waals surface area contributed by atoms with Crippen molar-refractivity contribution in [2.75, 3.05) is 13.1 Å². The van der Waals surface area contributed by atoms with Gasteiger partial charge in [-0.25, -0.2) is 0 Å². The number of furan rings is 1. The molecule has 0 spiro atoms. The molecule has 0 saturated carbocycles. The molecular formula is C18H22N2O2. The Balaban J connectivity index is 1.62. The van der Waals surface area contributed by atoms with E-state index in [1.54, 1.807) is 0 Å². The van der Waals surface area contributed by atoms with E-state index in [1.165, 1.54) is 24.0 Å². The number of likely N-dealkylation sites (tertiary alicyclic amines) is 1. The molecule has 2 bridgehead atoms. The maximum atomic E-state index is 12.8. The smallest absolute Gasteiger partial charge is 0.289 e. The summed E-state index contributed by atoms with van der Waals surface area (Å²) in [7, 11) is 0. The van der Waals surface area contributed by atoms with E-state index < -0.39 is 0 Å². The first-order chi connectivity index (χ1) is 10.6. The van der Waals surface area contributed by atoms with Crippen LogP contribution in [0, 0.1) is 13.8 Å². The van der Waals surface area contributed by atoms with Crippen molar-refractivity contribution in [1.29, 1.82) is 0 Å². The summed E-state index contributed by atoms with van der Waals surface area (Å²) >= 11 is 0. The van der Waals surface area contributed by atoms with Crippen molar-refractivity contribution in [3.05, 3.63) is 35.1 Å². The third-order valence-electron chi connectivity index (χ3n) is 5.15. The largest absolute Gasteiger partial charge is 0.451 e. The molecular weight excluding hydrogens is 276 g/mol. The fourth-order valence-electron chi connectivity index (χ4n) is 3.69. The summed E-state index contributed by atoms with van der Waals surface area (Å²) in [6.45, 7) is 5.77. The van der Waals surface area contributed by atoms with E-state index >= 15 is 0 Å². The minimum Gasteiger partial charge on any atom is -0.451 e. The average molecular weight is 298 g/mol. The molecule has 2 aromatic rings. The maximum absolute atomic E-state index is 12.8. The summed E-state index contributed by atoms with van der Waals surface area (Å²) in [6.07, 6.45) is 3.46. The molecule has 0 radical (unpaired) electrons. The quantitative estimate of drug-likeness (QED) is 0.880. The minimum absolute atomic E-state index is 0.0286. The van der Waals surface area contributed by atoms with E-state index in [4.69, 9.17) is 4.42 Å². The van der Waals surface area contributed by atoms with Crippen LogP contribution in [0.1, 0.15) is 40.9 Å². The number of amides is 1. The Hall–Kier alpha value is -1.81. The van der Waals surface area contributed by atoms with Crippen molar-refractivity contribution in [2.45, 2.75) is 45.2 Å². The molecule has 2 saturated heterocycles. The SMILES string of the molecule is Cc1cc2cc(C(=O)N3CC[C@H]4CC[C@@H](C3)N4)oc2cc1C. The molecule has 1 amide bonds. The Morgan fingerprint density at radius 1 is 1.14 bits per heavy atom. The van der Waals surface area contributed by atoms with Gasteiger partial charge >= 0.3 is 0 Å². The fraction of sp³-hybridized carbons (Fsp3) is 0.500. The molecule has 4 heteroatoms. The van der Waals surface area contributed by atoms with E-state index in [9.17, 15) is 4.79 Å². The van der Waals surface area contributed by atoms with Crippen LogP contribution in [0.15, 0.2) is 22.6 Å². The highest BCUT2D eigenvalue weighted by Crippen LogP contribution is 2.26. The normalized spacial score (nSPS) is 24.7. The molecule has 0 unspecified atom stereocenters. The maximum Gasteiger partial charge on any atom is 0.289 e. The highest BCUT2D eigenvalue weighted by atomic mass is 16.3. The molecule has 4 nitrogen and oxygen atoms in total. The van der Waals surface area contributed by atoms with Gasteiger partial charge in [0, 0.05) is 30.6 Å². The fourth-order valence-corrected chi connectivity index (χ4v) is 3.69. The summed E-state index contributed by atoms with van der Waals surface area (Å²) < 4.78 is 5.83. The first kappa shape index (κ1) is 13.8. The van der Waals surface area contributed by atoms with Crippen molar-refractivity contribution in [3.63, 3.8) is 0 Å². The van der Waals surface area contributed by atoms with E-state index in [0.717, 1.165) is 30.5 Å². The van der Waals surface area contributed by atoms with Crippen molar-refractivity contribution in [2.24, 2.45) is 0 Å². The molecule has 0 aliphatic carbocycles. The Bertz CT molecular complexity index is 695. The lowest BCUT2D eigenvalue weighted by Gasteiger charge is -2.23. The molecule has 1 N–H and O–H groups in total. The zero-order valence-corrected chi connectivity index (χ0v) is 13.2. The van der Waals surface area contributed by atoms with Crippen LogP contribution in [0.4, 0.5) is 0 Å². The van der Waals surface area contributed by atoms with Crippen LogP contribution in [-0.4, -0.2) is 36.0 Å². The second-order valence-electron chi connectivity index (χ2n) is 6.76. The van der Waals surface area contributed by atoms with Gasteiger partial charge in [-0.1, -0.05) is 0 Å². The number of benzene rings is 1. The van der Waals surface area contributed by atoms with Crippen LogP contribution < -0.4 is 5.32 Å². The van der Waals surface area contributed by atoms with Gasteiger partial charge < -0.3 is 14.6 Å². The second kappa shape index (κ2) is 5.13. The summed E-state index contributed by atoms with van der Waals surface area (Å²) in [6, 6.07) is 7.04. The van der Waals surface area contributed by atoms with Crippen molar-refractivity contribution in [1.82, 2.24) is 10.2 Å². The second-order valence-corrected chi connectivity index (χ2v) is 6.76. The number of rotatable bonds is 1. The Morgan fingerprint density at radius 3 is 2.77 bits per heavy atom. The van der Waals surface area contributed by atoms with Crippen molar-refractivity contribution >= 4 is 16.9 Å². The van der Waals surface area contributed by atoms with Crippen LogP contribution in [0.2, 0.25) is 0 Å². The van der Waals surface area contributed by atoms with E-state index in [1.807, 2.05) is 17.0 Å². The number of hydrogen-bond acceptors (Lipinski definition) is 3. The Morgan fingerprint density at radius 2 is 1.91 bits per heavy atom. The molecule has 116 valence electrons. The van der Waals surface area contributed by atoms with Gasteiger partial charge in [-0.3, -0.25) is 4.79 Å². The van der Waals surface area contributed by atoms with Gasteiger partial charge in [0.05, 0.1) is 0 Å². The van der Waals surface area contributed by atoms with Crippen molar-refractivity contribution < 1.29 is 9.21 Å². The van der Waals surface area contributed by atoms with Gasteiger partial charge in [-0.05, 0) is 62.4 Å². The van der Waals surface area contributed by atoms with E-state index in [0.29, 0.717) is 17.8 Å². The Labute approximate surface area is 130 Å². The number of aryl methyl sites for hydroxylation is 2.